The monoisotopic (exact) mass is 320 g/mol. The second-order valence-electron chi connectivity index (χ2n) is 3.58. The molecule has 0 heterocycles. The standard InChI is InChI=1S/C11H10ClIO/c12-10-6-7(13)4-5-8(10)9-2-1-3-11(9)14/h4-6,9H,1-3H2. The van der Waals surface area contributed by atoms with Crippen LogP contribution in [0.25, 0.3) is 0 Å². The first-order chi connectivity index (χ1) is 6.68. The molecular formula is C11H10ClIO. The lowest BCUT2D eigenvalue weighted by Gasteiger charge is -2.10. The molecule has 1 aliphatic carbocycles. The van der Waals surface area contributed by atoms with Crippen molar-refractivity contribution in [1.29, 1.82) is 0 Å². The fraction of sp³-hybridized carbons (Fsp3) is 0.364. The molecule has 0 saturated heterocycles. The summed E-state index contributed by atoms with van der Waals surface area (Å²) in [5.74, 6) is 0.396. The maximum Gasteiger partial charge on any atom is 0.140 e. The third-order valence-corrected chi connectivity index (χ3v) is 3.64. The van der Waals surface area contributed by atoms with Crippen LogP contribution in [0.4, 0.5) is 0 Å². The number of hydrogen-bond donors (Lipinski definition) is 0. The number of ketones is 1. The van der Waals surface area contributed by atoms with Crippen LogP contribution in [0.2, 0.25) is 5.02 Å². The summed E-state index contributed by atoms with van der Waals surface area (Å²) >= 11 is 8.34. The van der Waals surface area contributed by atoms with Crippen molar-refractivity contribution in [3.63, 3.8) is 0 Å². The van der Waals surface area contributed by atoms with Crippen LogP contribution >= 0.6 is 34.2 Å². The van der Waals surface area contributed by atoms with E-state index in [2.05, 4.69) is 22.6 Å². The minimum absolute atomic E-state index is 0.0551. The Kier molecular flexibility index (Phi) is 3.12. The van der Waals surface area contributed by atoms with Crippen molar-refractivity contribution >= 4 is 40.0 Å². The summed E-state index contributed by atoms with van der Waals surface area (Å²) in [4.78, 5) is 11.6. The van der Waals surface area contributed by atoms with Crippen molar-refractivity contribution in [1.82, 2.24) is 0 Å². The smallest absolute Gasteiger partial charge is 0.140 e. The molecule has 1 aliphatic rings. The van der Waals surface area contributed by atoms with E-state index in [9.17, 15) is 4.79 Å². The van der Waals surface area contributed by atoms with Gasteiger partial charge in [-0.2, -0.15) is 0 Å². The summed E-state index contributed by atoms with van der Waals surface area (Å²) in [6, 6.07) is 5.91. The summed E-state index contributed by atoms with van der Waals surface area (Å²) in [7, 11) is 0. The highest BCUT2D eigenvalue weighted by Crippen LogP contribution is 2.35. The van der Waals surface area contributed by atoms with Crippen LogP contribution in [0.5, 0.6) is 0 Å². The van der Waals surface area contributed by atoms with Crippen LogP contribution < -0.4 is 0 Å². The molecule has 74 valence electrons. The molecule has 2 rings (SSSR count). The summed E-state index contributed by atoms with van der Waals surface area (Å²) in [5.41, 5.74) is 1.01. The van der Waals surface area contributed by atoms with Gasteiger partial charge in [0.1, 0.15) is 5.78 Å². The summed E-state index contributed by atoms with van der Waals surface area (Å²) in [6.07, 6.45) is 2.68. The molecule has 1 atom stereocenters. The molecule has 1 saturated carbocycles. The molecule has 1 unspecified atom stereocenters. The van der Waals surface area contributed by atoms with E-state index >= 15 is 0 Å². The van der Waals surface area contributed by atoms with Crippen LogP contribution in [0.3, 0.4) is 0 Å². The van der Waals surface area contributed by atoms with Crippen molar-refractivity contribution in [3.8, 4) is 0 Å². The zero-order valence-electron chi connectivity index (χ0n) is 7.59. The fourth-order valence-corrected chi connectivity index (χ4v) is 2.92. The molecule has 1 nitrogen and oxygen atoms in total. The molecule has 1 aromatic carbocycles. The summed E-state index contributed by atoms with van der Waals surface area (Å²) < 4.78 is 1.11. The van der Waals surface area contributed by atoms with Crippen LogP contribution in [0.15, 0.2) is 18.2 Å². The zero-order chi connectivity index (χ0) is 10.1. The van der Waals surface area contributed by atoms with Gasteiger partial charge in [0.05, 0.1) is 0 Å². The second kappa shape index (κ2) is 4.19. The molecule has 0 spiro atoms. The maximum absolute atomic E-state index is 11.6. The predicted octanol–water partition coefficient (Wildman–Crippen LogP) is 3.78. The first kappa shape index (κ1) is 10.4. The van der Waals surface area contributed by atoms with E-state index in [1.165, 1.54) is 0 Å². The van der Waals surface area contributed by atoms with Crippen molar-refractivity contribution in [2.45, 2.75) is 25.2 Å². The topological polar surface area (TPSA) is 17.1 Å². The van der Waals surface area contributed by atoms with E-state index in [4.69, 9.17) is 11.6 Å². The molecule has 0 N–H and O–H groups in total. The maximum atomic E-state index is 11.6. The number of carbonyl (C=O) groups is 1. The number of carbonyl (C=O) groups excluding carboxylic acids is 1. The summed E-state index contributed by atoms with van der Waals surface area (Å²) in [5, 5.41) is 0.733. The Morgan fingerprint density at radius 1 is 1.43 bits per heavy atom. The van der Waals surface area contributed by atoms with E-state index in [0.29, 0.717) is 12.2 Å². The third-order valence-electron chi connectivity index (χ3n) is 2.64. The lowest BCUT2D eigenvalue weighted by atomic mass is 9.97. The minimum Gasteiger partial charge on any atom is -0.299 e. The van der Waals surface area contributed by atoms with E-state index in [1.807, 2.05) is 18.2 Å². The number of hydrogen-bond acceptors (Lipinski definition) is 1. The Labute approximate surface area is 102 Å². The Morgan fingerprint density at radius 3 is 2.79 bits per heavy atom. The van der Waals surface area contributed by atoms with Gasteiger partial charge < -0.3 is 0 Å². The highest BCUT2D eigenvalue weighted by atomic mass is 127. The van der Waals surface area contributed by atoms with Gasteiger partial charge in [0.2, 0.25) is 0 Å². The van der Waals surface area contributed by atoms with Gasteiger partial charge in [-0.1, -0.05) is 17.7 Å². The Bertz CT molecular complexity index is 376. The average molecular weight is 321 g/mol. The van der Waals surface area contributed by atoms with Gasteiger partial charge in [-0.3, -0.25) is 4.79 Å². The zero-order valence-corrected chi connectivity index (χ0v) is 10.5. The number of rotatable bonds is 1. The molecule has 1 fully saturated rings. The average Bonchev–Trinajstić information content (AvgIpc) is 2.52. The van der Waals surface area contributed by atoms with Gasteiger partial charge >= 0.3 is 0 Å². The van der Waals surface area contributed by atoms with E-state index in [0.717, 1.165) is 27.0 Å². The molecule has 0 aromatic heterocycles. The largest absolute Gasteiger partial charge is 0.299 e. The molecule has 0 amide bonds. The van der Waals surface area contributed by atoms with Gasteiger partial charge in [-0.15, -0.1) is 0 Å². The van der Waals surface area contributed by atoms with Gasteiger partial charge in [0.25, 0.3) is 0 Å². The lowest BCUT2D eigenvalue weighted by molar-refractivity contribution is -0.118. The van der Waals surface area contributed by atoms with Gasteiger partial charge in [0.15, 0.2) is 0 Å². The number of halogens is 2. The van der Waals surface area contributed by atoms with Crippen LogP contribution in [0.1, 0.15) is 30.7 Å². The van der Waals surface area contributed by atoms with Crippen molar-refractivity contribution in [3.05, 3.63) is 32.4 Å². The predicted molar refractivity (Wildman–Crippen MR) is 65.8 cm³/mol. The third kappa shape index (κ3) is 1.96. The van der Waals surface area contributed by atoms with Crippen molar-refractivity contribution in [2.75, 3.05) is 0 Å². The first-order valence-electron chi connectivity index (χ1n) is 4.66. The summed E-state index contributed by atoms with van der Waals surface area (Å²) in [6.45, 7) is 0. The van der Waals surface area contributed by atoms with Crippen molar-refractivity contribution in [2.24, 2.45) is 0 Å². The molecule has 14 heavy (non-hydrogen) atoms. The molecule has 3 heteroatoms. The van der Waals surface area contributed by atoms with Crippen molar-refractivity contribution < 1.29 is 4.79 Å². The number of benzene rings is 1. The van der Waals surface area contributed by atoms with Gasteiger partial charge in [-0.25, -0.2) is 0 Å². The van der Waals surface area contributed by atoms with E-state index < -0.39 is 0 Å². The minimum atomic E-state index is 0.0551. The van der Waals surface area contributed by atoms with Crippen LogP contribution in [-0.2, 0) is 4.79 Å². The quantitative estimate of drug-likeness (QED) is 0.720. The highest BCUT2D eigenvalue weighted by molar-refractivity contribution is 14.1. The SMILES string of the molecule is O=C1CCCC1c1ccc(I)cc1Cl. The highest BCUT2D eigenvalue weighted by Gasteiger charge is 2.27. The van der Waals surface area contributed by atoms with E-state index in [-0.39, 0.29) is 5.92 Å². The first-order valence-corrected chi connectivity index (χ1v) is 6.12. The molecule has 1 aromatic rings. The molecule has 0 bridgehead atoms. The van der Waals surface area contributed by atoms with Gasteiger partial charge in [-0.05, 0) is 53.1 Å². The molecular weight excluding hydrogens is 310 g/mol. The molecule has 0 radical (unpaired) electrons. The normalized spacial score (nSPS) is 21.6. The van der Waals surface area contributed by atoms with E-state index in [1.54, 1.807) is 0 Å². The Hall–Kier alpha value is -0.0900. The second-order valence-corrected chi connectivity index (χ2v) is 5.23. The Morgan fingerprint density at radius 2 is 2.21 bits per heavy atom. The molecule has 0 aliphatic heterocycles. The lowest BCUT2D eigenvalue weighted by Crippen LogP contribution is -2.04. The fourth-order valence-electron chi connectivity index (χ4n) is 1.93. The van der Waals surface area contributed by atoms with Crippen LogP contribution in [-0.4, -0.2) is 5.78 Å². The van der Waals surface area contributed by atoms with Gasteiger partial charge in [0, 0.05) is 20.9 Å². The van der Waals surface area contributed by atoms with Crippen LogP contribution in [0, 0.1) is 3.57 Å². The number of Topliss-reactive ketones (excluding diaryl/α,β-unsaturated/α-hetero) is 1. The Balaban J connectivity index is 2.36.